The average molecular weight is 415 g/mol. The molecule has 0 radical (unpaired) electrons. The van der Waals surface area contributed by atoms with Crippen molar-refractivity contribution in [1.82, 2.24) is 15.0 Å². The molecule has 7 nitrogen and oxygen atoms in total. The first kappa shape index (κ1) is 22.0. The molecule has 0 amide bonds. The summed E-state index contributed by atoms with van der Waals surface area (Å²) in [4.78, 5) is 17.2. The number of aromatic nitrogens is 3. The molecule has 3 heterocycles. The molecule has 3 rings (SSSR count). The first-order valence-corrected chi connectivity index (χ1v) is 10.4. The number of anilines is 4. The van der Waals surface area contributed by atoms with Gasteiger partial charge in [0.25, 0.3) is 0 Å². The zero-order chi connectivity index (χ0) is 21.8. The lowest BCUT2D eigenvalue weighted by Crippen LogP contribution is -2.45. The minimum atomic E-state index is -1.30. The maximum Gasteiger partial charge on any atom is 0.227 e. The van der Waals surface area contributed by atoms with Gasteiger partial charge in [-0.3, -0.25) is 0 Å². The van der Waals surface area contributed by atoms with E-state index in [1.54, 1.807) is 17.2 Å². The second-order valence-corrected chi connectivity index (χ2v) is 7.92. The summed E-state index contributed by atoms with van der Waals surface area (Å²) in [6.45, 7) is 13.2. The summed E-state index contributed by atoms with van der Waals surface area (Å²) in [5, 5.41) is 12.8. The molecule has 0 aliphatic carbocycles. The molecular weight excluding hydrogens is 383 g/mol. The van der Waals surface area contributed by atoms with E-state index in [1.807, 2.05) is 19.2 Å². The van der Waals surface area contributed by atoms with E-state index in [1.165, 1.54) is 0 Å². The number of rotatable bonds is 7. The third-order valence-electron chi connectivity index (χ3n) is 5.29. The van der Waals surface area contributed by atoms with Crippen molar-refractivity contribution in [3.63, 3.8) is 0 Å². The van der Waals surface area contributed by atoms with Gasteiger partial charge in [0.15, 0.2) is 0 Å². The van der Waals surface area contributed by atoms with E-state index >= 15 is 0 Å². The molecule has 30 heavy (non-hydrogen) atoms. The molecule has 1 aliphatic rings. The topological polar surface area (TPSA) is 77.4 Å². The third kappa shape index (κ3) is 4.87. The van der Waals surface area contributed by atoms with Gasteiger partial charge in [-0.2, -0.15) is 4.98 Å². The third-order valence-corrected chi connectivity index (χ3v) is 5.29. The number of hydrogen-bond donors (Lipinski definition) is 2. The van der Waals surface area contributed by atoms with Gasteiger partial charge in [0.1, 0.15) is 17.8 Å². The largest absolute Gasteiger partial charge is 0.390 e. The van der Waals surface area contributed by atoms with Crippen LogP contribution in [0.3, 0.4) is 0 Å². The molecule has 2 unspecified atom stereocenters. The van der Waals surface area contributed by atoms with E-state index in [9.17, 15) is 9.50 Å². The van der Waals surface area contributed by atoms with Crippen LogP contribution in [0.4, 0.5) is 27.7 Å². The monoisotopic (exact) mass is 414 g/mol. The van der Waals surface area contributed by atoms with E-state index in [-0.39, 0.29) is 12.6 Å². The van der Waals surface area contributed by atoms with Crippen LogP contribution in [0.2, 0.25) is 0 Å². The Kier molecular flexibility index (Phi) is 6.87. The van der Waals surface area contributed by atoms with Gasteiger partial charge < -0.3 is 20.2 Å². The molecule has 1 aliphatic heterocycles. The quantitative estimate of drug-likeness (QED) is 0.710. The van der Waals surface area contributed by atoms with Gasteiger partial charge in [0.05, 0.1) is 12.6 Å². The Labute approximate surface area is 177 Å². The van der Waals surface area contributed by atoms with Crippen molar-refractivity contribution in [2.45, 2.75) is 58.9 Å². The number of pyridine rings is 1. The minimum absolute atomic E-state index is 0.0834. The van der Waals surface area contributed by atoms with Crippen molar-refractivity contribution in [3.8, 4) is 0 Å². The lowest BCUT2D eigenvalue weighted by atomic mass is 10.1. The van der Waals surface area contributed by atoms with Crippen molar-refractivity contribution in [2.24, 2.45) is 0 Å². The summed E-state index contributed by atoms with van der Waals surface area (Å²) >= 11 is 0. The van der Waals surface area contributed by atoms with Gasteiger partial charge in [0, 0.05) is 42.4 Å². The molecule has 2 aromatic rings. The van der Waals surface area contributed by atoms with Gasteiger partial charge in [-0.15, -0.1) is 0 Å². The average Bonchev–Trinajstić information content (AvgIpc) is 2.72. The number of allylic oxidation sites excluding steroid dienone is 1. The molecule has 2 aromatic heterocycles. The Balaban J connectivity index is 1.82. The summed E-state index contributed by atoms with van der Waals surface area (Å²) in [6.07, 6.45) is 2.47. The highest BCUT2D eigenvalue weighted by Gasteiger charge is 2.28. The van der Waals surface area contributed by atoms with E-state index < -0.39 is 12.3 Å². The SMILES string of the molecule is C=C(CC)N(c1cc(Nc2ccnc(N3CCC(O)C(F)C3)n2)ncc1C)C(C)C. The zero-order valence-electron chi connectivity index (χ0n) is 18.1. The van der Waals surface area contributed by atoms with Crippen LogP contribution in [0.15, 0.2) is 36.8 Å². The first-order chi connectivity index (χ1) is 14.3. The van der Waals surface area contributed by atoms with E-state index in [0.717, 1.165) is 23.4 Å². The van der Waals surface area contributed by atoms with Crippen molar-refractivity contribution in [2.75, 3.05) is 28.2 Å². The highest BCUT2D eigenvalue weighted by molar-refractivity contribution is 5.65. The second kappa shape index (κ2) is 9.38. The summed E-state index contributed by atoms with van der Waals surface area (Å²) in [6, 6.07) is 4.01. The fourth-order valence-electron chi connectivity index (χ4n) is 3.60. The number of hydrogen-bond acceptors (Lipinski definition) is 7. The van der Waals surface area contributed by atoms with Crippen LogP contribution >= 0.6 is 0 Å². The molecule has 1 saturated heterocycles. The molecule has 0 saturated carbocycles. The Morgan fingerprint density at radius 2 is 2.17 bits per heavy atom. The van der Waals surface area contributed by atoms with Crippen LogP contribution in [0.25, 0.3) is 0 Å². The number of nitrogens with one attached hydrogen (secondary N) is 1. The Morgan fingerprint density at radius 3 is 2.83 bits per heavy atom. The molecule has 0 bridgehead atoms. The van der Waals surface area contributed by atoms with Gasteiger partial charge >= 0.3 is 0 Å². The highest BCUT2D eigenvalue weighted by atomic mass is 19.1. The number of aliphatic hydroxyl groups excluding tert-OH is 1. The number of alkyl halides is 1. The Bertz CT molecular complexity index is 890. The predicted octanol–water partition coefficient (Wildman–Crippen LogP) is 3.97. The molecule has 0 spiro atoms. The van der Waals surface area contributed by atoms with Crippen LogP contribution in [-0.4, -0.2) is 51.5 Å². The van der Waals surface area contributed by atoms with Gasteiger partial charge in [-0.1, -0.05) is 13.5 Å². The van der Waals surface area contributed by atoms with Crippen LogP contribution in [0.5, 0.6) is 0 Å². The van der Waals surface area contributed by atoms with Crippen LogP contribution in [0.1, 0.15) is 39.2 Å². The van der Waals surface area contributed by atoms with Gasteiger partial charge in [0.2, 0.25) is 5.95 Å². The van der Waals surface area contributed by atoms with Crippen molar-refractivity contribution in [3.05, 3.63) is 42.4 Å². The van der Waals surface area contributed by atoms with Crippen LogP contribution < -0.4 is 15.1 Å². The van der Waals surface area contributed by atoms with E-state index in [0.29, 0.717) is 30.5 Å². The van der Waals surface area contributed by atoms with Crippen molar-refractivity contribution in [1.29, 1.82) is 0 Å². The van der Waals surface area contributed by atoms with Crippen molar-refractivity contribution < 1.29 is 9.50 Å². The number of piperidine rings is 1. The number of halogens is 1. The van der Waals surface area contributed by atoms with Crippen LogP contribution in [0, 0.1) is 6.92 Å². The van der Waals surface area contributed by atoms with Crippen LogP contribution in [-0.2, 0) is 0 Å². The maximum atomic E-state index is 13.9. The van der Waals surface area contributed by atoms with E-state index in [2.05, 4.69) is 52.5 Å². The number of aryl methyl sites for hydroxylation is 1. The normalized spacial score (nSPS) is 19.1. The summed E-state index contributed by atoms with van der Waals surface area (Å²) in [5.41, 5.74) is 3.16. The molecule has 2 N–H and O–H groups in total. The fourth-order valence-corrected chi connectivity index (χ4v) is 3.60. The zero-order valence-corrected chi connectivity index (χ0v) is 18.1. The Hall–Kier alpha value is -2.74. The lowest BCUT2D eigenvalue weighted by Gasteiger charge is -2.32. The maximum absolute atomic E-state index is 13.9. The molecule has 8 heteroatoms. The van der Waals surface area contributed by atoms with Gasteiger partial charge in [-0.25, -0.2) is 14.4 Å². The van der Waals surface area contributed by atoms with E-state index in [4.69, 9.17) is 0 Å². The Morgan fingerprint density at radius 1 is 1.40 bits per heavy atom. The molecule has 2 atom stereocenters. The number of nitrogens with zero attached hydrogens (tertiary/aromatic N) is 5. The molecule has 162 valence electrons. The molecule has 0 aromatic carbocycles. The summed E-state index contributed by atoms with van der Waals surface area (Å²) in [7, 11) is 0. The smallest absolute Gasteiger partial charge is 0.227 e. The predicted molar refractivity (Wildman–Crippen MR) is 119 cm³/mol. The van der Waals surface area contributed by atoms with Crippen molar-refractivity contribution >= 4 is 23.3 Å². The summed E-state index contributed by atoms with van der Waals surface area (Å²) < 4.78 is 13.9. The fraction of sp³-hybridized carbons (Fsp3) is 0.500. The first-order valence-electron chi connectivity index (χ1n) is 10.4. The van der Waals surface area contributed by atoms with Gasteiger partial charge in [-0.05, 0) is 45.2 Å². The highest BCUT2D eigenvalue weighted by Crippen LogP contribution is 2.29. The number of aliphatic hydroxyl groups is 1. The molecular formula is C22H31FN6O. The standard InChI is InChI=1S/C22H31FN6O/c1-6-16(5)29(14(2)3)18-11-21(25-12-15(18)4)26-20-7-9-24-22(27-20)28-10-8-19(30)17(23)13-28/h7,9,11-12,14,17,19,30H,5-6,8,10,13H2,1-4H3,(H,24,25,26,27). The lowest BCUT2D eigenvalue weighted by molar-refractivity contribution is 0.0612. The molecule has 1 fully saturated rings. The minimum Gasteiger partial charge on any atom is -0.390 e. The summed E-state index contributed by atoms with van der Waals surface area (Å²) in [5.74, 6) is 1.67. The second-order valence-electron chi connectivity index (χ2n) is 7.92.